The average Bonchev–Trinajstić information content (AvgIpc) is 2.52. The molecule has 0 unspecified atom stereocenters. The van der Waals surface area contributed by atoms with E-state index in [1.165, 1.54) is 24.3 Å². The number of rotatable bonds is 4. The van der Waals surface area contributed by atoms with Gasteiger partial charge in [-0.1, -0.05) is 12.1 Å². The topological polar surface area (TPSA) is 79.2 Å². The lowest BCUT2D eigenvalue weighted by Gasteiger charge is -2.07. The molecule has 0 bridgehead atoms. The third-order valence-corrected chi connectivity index (χ3v) is 2.67. The summed E-state index contributed by atoms with van der Waals surface area (Å²) in [5, 5.41) is 11.3. The number of ether oxygens (including phenoxy) is 1. The van der Waals surface area contributed by atoms with Gasteiger partial charge >= 0.3 is 5.97 Å². The Bertz CT molecular complexity index is 753. The van der Waals surface area contributed by atoms with Gasteiger partial charge in [0.05, 0.1) is 17.2 Å². The Balaban J connectivity index is 1.90. The molecule has 0 heterocycles. The molecular weight excluding hydrogens is 287 g/mol. The van der Waals surface area contributed by atoms with Gasteiger partial charge in [0, 0.05) is 5.69 Å². The van der Waals surface area contributed by atoms with Crippen molar-refractivity contribution in [1.82, 2.24) is 0 Å². The normalized spacial score (nSPS) is 9.64. The highest BCUT2D eigenvalue weighted by atomic mass is 19.1. The first kappa shape index (κ1) is 15.2. The standard InChI is InChI=1S/C16H11FN2O3/c17-13-5-2-4-12(8-13)16(21)22-10-15(20)19-14-6-1-3-11(7-14)9-18/h1-8H,10H2,(H,19,20). The Kier molecular flexibility index (Phi) is 4.83. The molecular formula is C16H11FN2O3. The molecule has 0 aromatic heterocycles. The summed E-state index contributed by atoms with van der Waals surface area (Å²) in [7, 11) is 0. The number of hydrogen-bond donors (Lipinski definition) is 1. The van der Waals surface area contributed by atoms with Crippen molar-refractivity contribution in [1.29, 1.82) is 5.26 Å². The molecule has 5 nitrogen and oxygen atoms in total. The molecule has 0 fully saturated rings. The van der Waals surface area contributed by atoms with Crippen LogP contribution in [0.5, 0.6) is 0 Å². The van der Waals surface area contributed by atoms with Crippen LogP contribution in [0.2, 0.25) is 0 Å². The van der Waals surface area contributed by atoms with Crippen LogP contribution >= 0.6 is 0 Å². The molecule has 0 saturated heterocycles. The van der Waals surface area contributed by atoms with Crippen LogP contribution in [0.25, 0.3) is 0 Å². The molecule has 0 radical (unpaired) electrons. The van der Waals surface area contributed by atoms with Crippen molar-refractivity contribution < 1.29 is 18.7 Å². The Labute approximate surface area is 125 Å². The summed E-state index contributed by atoms with van der Waals surface area (Å²) in [6.07, 6.45) is 0. The predicted molar refractivity (Wildman–Crippen MR) is 76.5 cm³/mol. The molecule has 0 aliphatic heterocycles. The molecule has 0 saturated carbocycles. The van der Waals surface area contributed by atoms with Crippen molar-refractivity contribution in [2.24, 2.45) is 0 Å². The van der Waals surface area contributed by atoms with Crippen molar-refractivity contribution in [2.45, 2.75) is 0 Å². The number of amides is 1. The lowest BCUT2D eigenvalue weighted by atomic mass is 10.2. The van der Waals surface area contributed by atoms with E-state index in [1.54, 1.807) is 18.2 Å². The minimum absolute atomic E-state index is 0.0271. The molecule has 0 spiro atoms. The number of nitrogens with one attached hydrogen (secondary N) is 1. The van der Waals surface area contributed by atoms with Gasteiger partial charge in [0.15, 0.2) is 6.61 Å². The number of esters is 1. The minimum atomic E-state index is -0.791. The lowest BCUT2D eigenvalue weighted by Crippen LogP contribution is -2.21. The number of hydrogen-bond acceptors (Lipinski definition) is 4. The monoisotopic (exact) mass is 298 g/mol. The van der Waals surface area contributed by atoms with Gasteiger partial charge < -0.3 is 10.1 Å². The lowest BCUT2D eigenvalue weighted by molar-refractivity contribution is -0.119. The molecule has 0 atom stereocenters. The largest absolute Gasteiger partial charge is 0.452 e. The fourth-order valence-corrected chi connectivity index (χ4v) is 1.69. The maximum Gasteiger partial charge on any atom is 0.338 e. The second-order valence-electron chi connectivity index (χ2n) is 4.33. The number of halogens is 1. The van der Waals surface area contributed by atoms with Gasteiger partial charge in [-0.2, -0.15) is 5.26 Å². The van der Waals surface area contributed by atoms with Gasteiger partial charge in [-0.3, -0.25) is 4.79 Å². The van der Waals surface area contributed by atoms with E-state index in [0.29, 0.717) is 11.3 Å². The van der Waals surface area contributed by atoms with Crippen LogP contribution in [0.4, 0.5) is 10.1 Å². The van der Waals surface area contributed by atoms with Crippen LogP contribution in [-0.2, 0) is 9.53 Å². The minimum Gasteiger partial charge on any atom is -0.452 e. The van der Waals surface area contributed by atoms with Gasteiger partial charge in [-0.25, -0.2) is 9.18 Å². The molecule has 110 valence electrons. The molecule has 1 N–H and O–H groups in total. The van der Waals surface area contributed by atoms with E-state index in [-0.39, 0.29) is 5.56 Å². The Hall–Kier alpha value is -3.20. The van der Waals surface area contributed by atoms with E-state index in [0.717, 1.165) is 6.07 Å². The second kappa shape index (κ2) is 6.99. The summed E-state index contributed by atoms with van der Waals surface area (Å²) in [5.41, 5.74) is 0.847. The average molecular weight is 298 g/mol. The quantitative estimate of drug-likeness (QED) is 0.879. The summed E-state index contributed by atoms with van der Waals surface area (Å²) in [4.78, 5) is 23.3. The van der Waals surface area contributed by atoms with Crippen molar-refractivity contribution in [3.63, 3.8) is 0 Å². The maximum atomic E-state index is 13.0. The predicted octanol–water partition coefficient (Wildman–Crippen LogP) is 2.49. The summed E-state index contributed by atoms with van der Waals surface area (Å²) in [6.45, 7) is -0.508. The van der Waals surface area contributed by atoms with Crippen molar-refractivity contribution in [3.8, 4) is 6.07 Å². The number of anilines is 1. The zero-order valence-electron chi connectivity index (χ0n) is 11.4. The molecule has 2 aromatic rings. The molecule has 0 aliphatic rings. The van der Waals surface area contributed by atoms with Crippen LogP contribution in [0.15, 0.2) is 48.5 Å². The van der Waals surface area contributed by atoms with Crippen LogP contribution in [-0.4, -0.2) is 18.5 Å². The van der Waals surface area contributed by atoms with Crippen LogP contribution < -0.4 is 5.32 Å². The van der Waals surface area contributed by atoms with E-state index in [9.17, 15) is 14.0 Å². The van der Waals surface area contributed by atoms with Gasteiger partial charge in [0.1, 0.15) is 5.82 Å². The number of benzene rings is 2. The highest BCUT2D eigenvalue weighted by Gasteiger charge is 2.11. The van der Waals surface area contributed by atoms with Crippen molar-refractivity contribution in [3.05, 3.63) is 65.5 Å². The number of carbonyl (C=O) groups is 2. The molecule has 2 rings (SSSR count). The van der Waals surface area contributed by atoms with Crippen LogP contribution in [0.3, 0.4) is 0 Å². The van der Waals surface area contributed by atoms with Crippen LogP contribution in [0.1, 0.15) is 15.9 Å². The second-order valence-corrected chi connectivity index (χ2v) is 4.33. The first-order valence-electron chi connectivity index (χ1n) is 6.31. The third-order valence-electron chi connectivity index (χ3n) is 2.67. The molecule has 0 aliphatic carbocycles. The fraction of sp³-hybridized carbons (Fsp3) is 0.0625. The van der Waals surface area contributed by atoms with Gasteiger partial charge in [0.25, 0.3) is 5.91 Å². The van der Waals surface area contributed by atoms with Crippen LogP contribution in [0, 0.1) is 17.1 Å². The van der Waals surface area contributed by atoms with E-state index in [1.807, 2.05) is 6.07 Å². The van der Waals surface area contributed by atoms with Gasteiger partial charge in [0.2, 0.25) is 0 Å². The smallest absolute Gasteiger partial charge is 0.338 e. The first-order valence-corrected chi connectivity index (χ1v) is 6.31. The Morgan fingerprint density at radius 1 is 1.18 bits per heavy atom. The summed E-state index contributed by atoms with van der Waals surface area (Å²) >= 11 is 0. The molecule has 2 aromatic carbocycles. The van der Waals surface area contributed by atoms with E-state index in [2.05, 4.69) is 5.32 Å². The Morgan fingerprint density at radius 2 is 1.95 bits per heavy atom. The van der Waals surface area contributed by atoms with Crippen molar-refractivity contribution >= 4 is 17.6 Å². The number of nitrogens with zero attached hydrogens (tertiary/aromatic N) is 1. The van der Waals surface area contributed by atoms with Crippen molar-refractivity contribution in [2.75, 3.05) is 11.9 Å². The number of carbonyl (C=O) groups excluding carboxylic acids is 2. The summed E-state index contributed by atoms with van der Waals surface area (Å²) in [6, 6.07) is 13.2. The SMILES string of the molecule is N#Cc1cccc(NC(=O)COC(=O)c2cccc(F)c2)c1. The molecule has 22 heavy (non-hydrogen) atoms. The number of nitriles is 1. The highest BCUT2D eigenvalue weighted by molar-refractivity contribution is 5.95. The van der Waals surface area contributed by atoms with E-state index >= 15 is 0 Å². The zero-order chi connectivity index (χ0) is 15.9. The first-order chi connectivity index (χ1) is 10.6. The summed E-state index contributed by atoms with van der Waals surface area (Å²) < 4.78 is 17.8. The maximum absolute atomic E-state index is 13.0. The highest BCUT2D eigenvalue weighted by Crippen LogP contribution is 2.10. The van der Waals surface area contributed by atoms with Gasteiger partial charge in [-0.15, -0.1) is 0 Å². The fourth-order valence-electron chi connectivity index (χ4n) is 1.69. The Morgan fingerprint density at radius 3 is 2.68 bits per heavy atom. The molecule has 6 heteroatoms. The third kappa shape index (κ3) is 4.15. The zero-order valence-corrected chi connectivity index (χ0v) is 11.4. The molecule has 1 amide bonds. The summed E-state index contributed by atoms with van der Waals surface area (Å²) in [5.74, 6) is -1.91. The van der Waals surface area contributed by atoms with E-state index in [4.69, 9.17) is 10.00 Å². The van der Waals surface area contributed by atoms with Gasteiger partial charge in [-0.05, 0) is 36.4 Å². The van der Waals surface area contributed by atoms with E-state index < -0.39 is 24.3 Å².